The Hall–Kier alpha value is -0.870. The van der Waals surface area contributed by atoms with Gasteiger partial charge in [0.05, 0.1) is 6.61 Å². The third-order valence-corrected chi connectivity index (χ3v) is 2.34. The van der Waals surface area contributed by atoms with Crippen LogP contribution in [-0.4, -0.2) is 21.3 Å². The van der Waals surface area contributed by atoms with Gasteiger partial charge in [0.2, 0.25) is 0 Å². The third-order valence-electron chi connectivity index (χ3n) is 1.91. The molecule has 0 fully saturated rings. The minimum atomic E-state index is 0.140. The van der Waals surface area contributed by atoms with Crippen LogP contribution in [0.5, 0.6) is 0 Å². The van der Waals surface area contributed by atoms with Crippen molar-refractivity contribution in [3.05, 3.63) is 29.0 Å². The molecule has 0 unspecified atom stereocenters. The molecule has 0 aliphatic carbocycles. The molecule has 0 aromatic carbocycles. The molecule has 0 radical (unpaired) electrons. The fourth-order valence-electron chi connectivity index (χ4n) is 1.34. The monoisotopic (exact) mass is 240 g/mol. The van der Waals surface area contributed by atoms with Crippen LogP contribution in [0.3, 0.4) is 0 Å². The molecule has 1 N–H and O–H groups in total. The Morgan fingerprint density at radius 3 is 3.15 bits per heavy atom. The largest absolute Gasteiger partial charge is 0.395 e. The number of aliphatic hydroxyl groups is 1. The maximum Gasteiger partial charge on any atom is 0.139 e. The van der Waals surface area contributed by atoms with Gasteiger partial charge in [0.1, 0.15) is 5.65 Å². The van der Waals surface area contributed by atoms with E-state index in [4.69, 9.17) is 5.11 Å². The molecule has 0 amide bonds. The summed E-state index contributed by atoms with van der Waals surface area (Å²) in [6.07, 6.45) is 3.69. The summed E-state index contributed by atoms with van der Waals surface area (Å²) in [7, 11) is 0. The third kappa shape index (κ3) is 1.59. The number of nitrogens with zero attached hydrogens (tertiary/aromatic N) is 2. The Morgan fingerprint density at radius 2 is 2.38 bits per heavy atom. The number of pyridine rings is 1. The molecule has 2 rings (SSSR count). The number of halogens is 1. The van der Waals surface area contributed by atoms with Gasteiger partial charge in [-0.15, -0.1) is 0 Å². The van der Waals surface area contributed by atoms with Crippen LogP contribution in [0.15, 0.2) is 29.0 Å². The van der Waals surface area contributed by atoms with Gasteiger partial charge in [0, 0.05) is 28.8 Å². The highest BCUT2D eigenvalue weighted by Crippen LogP contribution is 2.17. The highest BCUT2D eigenvalue weighted by Gasteiger charge is 2.01. The van der Waals surface area contributed by atoms with E-state index in [9.17, 15) is 0 Å². The molecular weight excluding hydrogens is 232 g/mol. The Kier molecular flexibility index (Phi) is 2.33. The van der Waals surface area contributed by atoms with Crippen molar-refractivity contribution in [1.82, 2.24) is 9.55 Å². The van der Waals surface area contributed by atoms with Crippen LogP contribution in [0.25, 0.3) is 11.0 Å². The molecule has 0 atom stereocenters. The van der Waals surface area contributed by atoms with Crippen LogP contribution >= 0.6 is 15.9 Å². The molecule has 0 saturated heterocycles. The lowest BCUT2D eigenvalue weighted by Gasteiger charge is -2.00. The fourth-order valence-corrected chi connectivity index (χ4v) is 1.69. The molecule has 2 aromatic heterocycles. The minimum Gasteiger partial charge on any atom is -0.395 e. The molecule has 3 nitrogen and oxygen atoms in total. The zero-order chi connectivity index (χ0) is 9.26. The summed E-state index contributed by atoms with van der Waals surface area (Å²) in [4.78, 5) is 4.26. The van der Waals surface area contributed by atoms with E-state index in [0.29, 0.717) is 6.54 Å². The zero-order valence-corrected chi connectivity index (χ0v) is 8.53. The molecule has 0 aliphatic heterocycles. The number of rotatable bonds is 2. The first-order valence-electron chi connectivity index (χ1n) is 4.02. The van der Waals surface area contributed by atoms with Crippen LogP contribution in [-0.2, 0) is 6.54 Å². The smallest absolute Gasteiger partial charge is 0.139 e. The van der Waals surface area contributed by atoms with Gasteiger partial charge in [-0.2, -0.15) is 0 Å². The first kappa shape index (κ1) is 8.72. The second-order valence-corrected chi connectivity index (χ2v) is 3.71. The maximum absolute atomic E-state index is 8.79. The van der Waals surface area contributed by atoms with Gasteiger partial charge >= 0.3 is 0 Å². The van der Waals surface area contributed by atoms with E-state index in [1.807, 2.05) is 22.9 Å². The molecule has 0 aliphatic rings. The van der Waals surface area contributed by atoms with E-state index in [0.717, 1.165) is 15.5 Å². The van der Waals surface area contributed by atoms with Gasteiger partial charge in [0.25, 0.3) is 0 Å². The lowest BCUT2D eigenvalue weighted by molar-refractivity contribution is 0.278. The summed E-state index contributed by atoms with van der Waals surface area (Å²) in [6, 6.07) is 4.00. The van der Waals surface area contributed by atoms with Crippen molar-refractivity contribution < 1.29 is 5.11 Å². The van der Waals surface area contributed by atoms with Crippen LogP contribution < -0.4 is 0 Å². The van der Waals surface area contributed by atoms with Crippen LogP contribution in [0.4, 0.5) is 0 Å². The predicted molar refractivity (Wildman–Crippen MR) is 54.5 cm³/mol. The summed E-state index contributed by atoms with van der Waals surface area (Å²) < 4.78 is 2.91. The van der Waals surface area contributed by atoms with Crippen molar-refractivity contribution in [2.24, 2.45) is 0 Å². The van der Waals surface area contributed by atoms with Crippen molar-refractivity contribution in [1.29, 1.82) is 0 Å². The van der Waals surface area contributed by atoms with E-state index in [2.05, 4.69) is 20.9 Å². The van der Waals surface area contributed by atoms with Gasteiger partial charge in [-0.3, -0.25) is 0 Å². The quantitative estimate of drug-likeness (QED) is 0.870. The molecule has 0 bridgehead atoms. The fraction of sp³-hybridized carbons (Fsp3) is 0.222. The van der Waals surface area contributed by atoms with E-state index < -0.39 is 0 Å². The summed E-state index contributed by atoms with van der Waals surface area (Å²) in [5.41, 5.74) is 0.914. The lowest BCUT2D eigenvalue weighted by Crippen LogP contribution is -2.00. The Labute approximate surface area is 84.1 Å². The highest BCUT2D eigenvalue weighted by atomic mass is 79.9. The predicted octanol–water partition coefficient (Wildman–Crippen LogP) is 1.79. The molecule has 2 heterocycles. The number of aromatic nitrogens is 2. The van der Waals surface area contributed by atoms with Crippen molar-refractivity contribution in [2.75, 3.05) is 6.61 Å². The highest BCUT2D eigenvalue weighted by molar-refractivity contribution is 9.10. The summed E-state index contributed by atoms with van der Waals surface area (Å²) in [6.45, 7) is 0.736. The Balaban J connectivity index is 2.55. The molecule has 0 saturated carbocycles. The first-order valence-corrected chi connectivity index (χ1v) is 4.82. The number of hydrogen-bond donors (Lipinski definition) is 1. The normalized spacial score (nSPS) is 10.9. The van der Waals surface area contributed by atoms with Gasteiger partial charge in [-0.05, 0) is 28.1 Å². The topological polar surface area (TPSA) is 38.0 Å². The number of aliphatic hydroxyl groups excluding tert-OH is 1. The van der Waals surface area contributed by atoms with E-state index in [1.54, 1.807) is 6.20 Å². The standard InChI is InChI=1S/C9H9BrN2O/c10-8-5-7-1-2-12(3-4-13)9(7)11-6-8/h1-2,5-6,13H,3-4H2. The van der Waals surface area contributed by atoms with Crippen molar-refractivity contribution in [3.63, 3.8) is 0 Å². The van der Waals surface area contributed by atoms with Crippen LogP contribution in [0, 0.1) is 0 Å². The van der Waals surface area contributed by atoms with E-state index in [1.165, 1.54) is 0 Å². The Bertz CT molecular complexity index is 424. The average molecular weight is 241 g/mol. The molecular formula is C9H9BrN2O. The SMILES string of the molecule is OCCn1ccc2cc(Br)cnc21. The maximum atomic E-state index is 8.79. The van der Waals surface area contributed by atoms with Gasteiger partial charge in [-0.25, -0.2) is 4.98 Å². The van der Waals surface area contributed by atoms with Crippen molar-refractivity contribution in [3.8, 4) is 0 Å². The number of hydrogen-bond acceptors (Lipinski definition) is 2. The molecule has 0 spiro atoms. The van der Waals surface area contributed by atoms with E-state index in [-0.39, 0.29) is 6.61 Å². The summed E-state index contributed by atoms with van der Waals surface area (Å²) in [5, 5.41) is 9.88. The van der Waals surface area contributed by atoms with Crippen molar-refractivity contribution >= 4 is 27.0 Å². The van der Waals surface area contributed by atoms with Crippen molar-refractivity contribution in [2.45, 2.75) is 6.54 Å². The Morgan fingerprint density at radius 1 is 1.54 bits per heavy atom. The molecule has 13 heavy (non-hydrogen) atoms. The lowest BCUT2D eigenvalue weighted by atomic mass is 10.3. The summed E-state index contributed by atoms with van der Waals surface area (Å²) in [5.74, 6) is 0. The van der Waals surface area contributed by atoms with Crippen LogP contribution in [0.1, 0.15) is 0 Å². The number of fused-ring (bicyclic) bond motifs is 1. The van der Waals surface area contributed by atoms with Gasteiger partial charge < -0.3 is 9.67 Å². The van der Waals surface area contributed by atoms with E-state index >= 15 is 0 Å². The second kappa shape index (κ2) is 3.47. The molecule has 2 aromatic rings. The van der Waals surface area contributed by atoms with Gasteiger partial charge in [-0.1, -0.05) is 0 Å². The molecule has 68 valence electrons. The first-order chi connectivity index (χ1) is 6.31. The second-order valence-electron chi connectivity index (χ2n) is 2.80. The van der Waals surface area contributed by atoms with Gasteiger partial charge in [0.15, 0.2) is 0 Å². The van der Waals surface area contributed by atoms with Crippen LogP contribution in [0.2, 0.25) is 0 Å². The summed E-state index contributed by atoms with van der Waals surface area (Å²) >= 11 is 3.36. The molecule has 4 heteroatoms. The average Bonchev–Trinajstić information content (AvgIpc) is 2.49. The minimum absolute atomic E-state index is 0.140. The zero-order valence-electron chi connectivity index (χ0n) is 6.94.